The summed E-state index contributed by atoms with van der Waals surface area (Å²) in [4.78, 5) is 43.2. The van der Waals surface area contributed by atoms with Gasteiger partial charge in [-0.25, -0.2) is 9.78 Å². The van der Waals surface area contributed by atoms with Crippen LogP contribution >= 0.6 is 0 Å². The highest BCUT2D eigenvalue weighted by molar-refractivity contribution is 5.76. The van der Waals surface area contributed by atoms with E-state index in [1.54, 1.807) is 17.9 Å². The van der Waals surface area contributed by atoms with Crippen molar-refractivity contribution in [1.82, 2.24) is 23.6 Å². The largest absolute Gasteiger partial charge is 0.380 e. The van der Waals surface area contributed by atoms with E-state index in [-0.39, 0.29) is 17.5 Å². The normalized spacial score (nSPS) is 16.3. The number of anilines is 1. The number of likely N-dealkylation sites (tertiary alicyclic amines) is 1. The number of benzene rings is 1. The van der Waals surface area contributed by atoms with E-state index in [2.05, 4.69) is 10.3 Å². The van der Waals surface area contributed by atoms with Gasteiger partial charge in [0.2, 0.25) is 5.91 Å². The first kappa shape index (κ1) is 19.9. The van der Waals surface area contributed by atoms with Crippen molar-refractivity contribution in [2.45, 2.75) is 31.8 Å². The topological polar surface area (TPSA) is 94.2 Å². The van der Waals surface area contributed by atoms with Crippen LogP contribution in [0.15, 0.2) is 46.2 Å². The van der Waals surface area contributed by atoms with Gasteiger partial charge in [-0.3, -0.25) is 18.7 Å². The highest BCUT2D eigenvalue weighted by atomic mass is 16.2. The quantitative estimate of drug-likeness (QED) is 0.652. The van der Waals surface area contributed by atoms with Gasteiger partial charge in [-0.2, -0.15) is 0 Å². The third-order valence-corrected chi connectivity index (χ3v) is 5.69. The SMILES string of the molecule is Cn1c(=O)c2c(ncn2CCCC(=O)N2CCC(Nc3ccccc3)C2)n(C)c1=O. The predicted octanol–water partition coefficient (Wildman–Crippen LogP) is 0.927. The first-order valence-electron chi connectivity index (χ1n) is 10.2. The Bertz CT molecular complexity index is 1180. The van der Waals surface area contributed by atoms with Gasteiger partial charge in [0.25, 0.3) is 5.56 Å². The van der Waals surface area contributed by atoms with Gasteiger partial charge < -0.3 is 14.8 Å². The summed E-state index contributed by atoms with van der Waals surface area (Å²) in [5.74, 6) is 0.122. The van der Waals surface area contributed by atoms with Crippen LogP contribution in [0.1, 0.15) is 19.3 Å². The van der Waals surface area contributed by atoms with Crippen molar-refractivity contribution in [1.29, 1.82) is 0 Å². The summed E-state index contributed by atoms with van der Waals surface area (Å²) >= 11 is 0. The van der Waals surface area contributed by atoms with Crippen molar-refractivity contribution in [2.75, 3.05) is 18.4 Å². The molecule has 9 nitrogen and oxygen atoms in total. The molecule has 3 heterocycles. The fourth-order valence-electron chi connectivity index (χ4n) is 4.00. The van der Waals surface area contributed by atoms with E-state index in [4.69, 9.17) is 0 Å². The molecule has 158 valence electrons. The molecule has 1 aliphatic heterocycles. The molecule has 1 aliphatic rings. The second-order valence-electron chi connectivity index (χ2n) is 7.76. The van der Waals surface area contributed by atoms with Crippen LogP contribution < -0.4 is 16.6 Å². The smallest absolute Gasteiger partial charge is 0.332 e. The van der Waals surface area contributed by atoms with E-state index < -0.39 is 5.69 Å². The van der Waals surface area contributed by atoms with Crippen molar-refractivity contribution >= 4 is 22.8 Å². The van der Waals surface area contributed by atoms with Gasteiger partial charge in [0.05, 0.1) is 6.33 Å². The number of amides is 1. The molecule has 30 heavy (non-hydrogen) atoms. The molecule has 0 bridgehead atoms. The van der Waals surface area contributed by atoms with Gasteiger partial charge in [0.15, 0.2) is 11.2 Å². The minimum atomic E-state index is -0.402. The number of nitrogens with one attached hydrogen (secondary N) is 1. The van der Waals surface area contributed by atoms with E-state index in [0.717, 1.165) is 23.2 Å². The van der Waals surface area contributed by atoms with Crippen molar-refractivity contribution in [3.8, 4) is 0 Å². The van der Waals surface area contributed by atoms with Crippen molar-refractivity contribution in [3.63, 3.8) is 0 Å². The Kier molecular flexibility index (Phi) is 5.43. The van der Waals surface area contributed by atoms with Crippen LogP contribution in [0, 0.1) is 0 Å². The lowest BCUT2D eigenvalue weighted by atomic mass is 10.2. The highest BCUT2D eigenvalue weighted by Crippen LogP contribution is 2.17. The zero-order valence-corrected chi connectivity index (χ0v) is 17.2. The van der Waals surface area contributed by atoms with Crippen LogP contribution in [0.5, 0.6) is 0 Å². The van der Waals surface area contributed by atoms with Crippen LogP contribution in [0.4, 0.5) is 5.69 Å². The number of imidazole rings is 1. The summed E-state index contributed by atoms with van der Waals surface area (Å²) in [5.41, 5.74) is 1.05. The molecule has 3 aromatic rings. The second-order valence-corrected chi connectivity index (χ2v) is 7.76. The average Bonchev–Trinajstić information content (AvgIpc) is 3.39. The summed E-state index contributed by atoms with van der Waals surface area (Å²) in [7, 11) is 3.05. The van der Waals surface area contributed by atoms with Gasteiger partial charge in [-0.15, -0.1) is 0 Å². The minimum absolute atomic E-state index is 0.122. The Morgan fingerprint density at radius 3 is 2.70 bits per heavy atom. The molecule has 0 aliphatic carbocycles. The maximum atomic E-state index is 12.6. The lowest BCUT2D eigenvalue weighted by molar-refractivity contribution is -0.130. The molecule has 0 saturated carbocycles. The Hall–Kier alpha value is -3.36. The third-order valence-electron chi connectivity index (χ3n) is 5.69. The molecule has 1 N–H and O–H groups in total. The van der Waals surface area contributed by atoms with Gasteiger partial charge in [-0.1, -0.05) is 18.2 Å². The van der Waals surface area contributed by atoms with Crippen molar-refractivity contribution < 1.29 is 4.79 Å². The number of carbonyl (C=O) groups is 1. The lowest BCUT2D eigenvalue weighted by Gasteiger charge is -2.18. The van der Waals surface area contributed by atoms with E-state index in [1.807, 2.05) is 35.2 Å². The van der Waals surface area contributed by atoms with E-state index >= 15 is 0 Å². The summed E-state index contributed by atoms with van der Waals surface area (Å²) in [6.07, 6.45) is 3.50. The fraction of sp³-hybridized carbons (Fsp3) is 0.429. The molecule has 1 aromatic carbocycles. The summed E-state index contributed by atoms with van der Waals surface area (Å²) in [6, 6.07) is 10.3. The maximum Gasteiger partial charge on any atom is 0.332 e. The zero-order valence-electron chi connectivity index (χ0n) is 17.2. The molecular formula is C21H26N6O3. The number of aromatic nitrogens is 4. The standard InChI is InChI=1S/C21H26N6O3/c1-24-19-18(20(29)25(2)21(24)30)27(14-22-19)11-6-9-17(28)26-12-10-16(13-26)23-15-7-4-3-5-8-15/h3-5,7-8,14,16,23H,6,9-13H2,1-2H3. The molecule has 0 radical (unpaired) electrons. The van der Waals surface area contributed by atoms with Gasteiger partial charge >= 0.3 is 5.69 Å². The van der Waals surface area contributed by atoms with Gasteiger partial charge in [0.1, 0.15) is 0 Å². The number of hydrogen-bond donors (Lipinski definition) is 1. The number of nitrogens with zero attached hydrogens (tertiary/aromatic N) is 5. The van der Waals surface area contributed by atoms with E-state index in [1.165, 1.54) is 11.6 Å². The molecule has 2 aromatic heterocycles. The number of carbonyl (C=O) groups excluding carboxylic acids is 1. The molecule has 4 rings (SSSR count). The van der Waals surface area contributed by atoms with E-state index in [9.17, 15) is 14.4 Å². The second kappa shape index (κ2) is 8.17. The zero-order chi connectivity index (χ0) is 21.3. The molecule has 9 heteroatoms. The molecule has 1 fully saturated rings. The molecular weight excluding hydrogens is 384 g/mol. The highest BCUT2D eigenvalue weighted by Gasteiger charge is 2.25. The number of para-hydroxylation sites is 1. The summed E-state index contributed by atoms with van der Waals surface area (Å²) < 4.78 is 4.17. The van der Waals surface area contributed by atoms with Crippen LogP contribution in [-0.4, -0.2) is 48.6 Å². The molecule has 1 amide bonds. The summed E-state index contributed by atoms with van der Waals surface area (Å²) in [5, 5.41) is 3.47. The molecule has 1 saturated heterocycles. The Balaban J connectivity index is 1.34. The fourth-order valence-corrected chi connectivity index (χ4v) is 4.00. The number of hydrogen-bond acceptors (Lipinski definition) is 5. The van der Waals surface area contributed by atoms with Crippen molar-refractivity contribution in [2.24, 2.45) is 14.1 Å². The Morgan fingerprint density at radius 1 is 1.17 bits per heavy atom. The van der Waals surface area contributed by atoms with Crippen LogP contribution in [-0.2, 0) is 25.4 Å². The van der Waals surface area contributed by atoms with Crippen LogP contribution in [0.2, 0.25) is 0 Å². The molecule has 1 unspecified atom stereocenters. The van der Waals surface area contributed by atoms with E-state index in [0.29, 0.717) is 37.1 Å². The number of fused-ring (bicyclic) bond motifs is 1. The minimum Gasteiger partial charge on any atom is -0.380 e. The van der Waals surface area contributed by atoms with Crippen molar-refractivity contribution in [3.05, 3.63) is 57.5 Å². The van der Waals surface area contributed by atoms with Gasteiger partial charge in [0, 0.05) is 51.9 Å². The number of aryl methyl sites for hydroxylation is 2. The Morgan fingerprint density at radius 2 is 1.93 bits per heavy atom. The average molecular weight is 410 g/mol. The van der Waals surface area contributed by atoms with Crippen LogP contribution in [0.25, 0.3) is 11.2 Å². The first-order chi connectivity index (χ1) is 14.5. The maximum absolute atomic E-state index is 12.6. The lowest BCUT2D eigenvalue weighted by Crippen LogP contribution is -2.37. The number of rotatable bonds is 6. The third kappa shape index (κ3) is 3.74. The first-order valence-corrected chi connectivity index (χ1v) is 10.2. The Labute approximate surface area is 173 Å². The monoisotopic (exact) mass is 410 g/mol. The van der Waals surface area contributed by atoms with Gasteiger partial charge in [-0.05, 0) is 25.0 Å². The predicted molar refractivity (Wildman–Crippen MR) is 114 cm³/mol. The molecule has 0 spiro atoms. The van der Waals surface area contributed by atoms with Crippen LogP contribution in [0.3, 0.4) is 0 Å². The summed E-state index contributed by atoms with van der Waals surface area (Å²) in [6.45, 7) is 1.94. The molecule has 1 atom stereocenters.